The van der Waals surface area contributed by atoms with Crippen LogP contribution in [-0.4, -0.2) is 49.5 Å². The maximum Gasteiger partial charge on any atom is 0.278 e. The van der Waals surface area contributed by atoms with Crippen LogP contribution >= 0.6 is 11.6 Å². The Balaban J connectivity index is 2.01. The molecule has 1 aliphatic heterocycles. The molecule has 3 aromatic rings. The third-order valence-electron chi connectivity index (χ3n) is 5.32. The van der Waals surface area contributed by atoms with Crippen LogP contribution in [0.15, 0.2) is 42.9 Å². The molecule has 1 saturated heterocycles. The molecule has 2 N–H and O–H groups in total. The Morgan fingerprint density at radius 1 is 1.20 bits per heavy atom. The molecule has 0 atom stereocenters. The molecule has 0 aliphatic carbocycles. The summed E-state index contributed by atoms with van der Waals surface area (Å²) in [5.41, 5.74) is 2.17. The van der Waals surface area contributed by atoms with Gasteiger partial charge in [-0.2, -0.15) is 5.10 Å². The highest BCUT2D eigenvalue weighted by atomic mass is 35.5. The van der Waals surface area contributed by atoms with Gasteiger partial charge in [0.25, 0.3) is 5.91 Å². The van der Waals surface area contributed by atoms with Gasteiger partial charge in [-0.15, -0.1) is 0 Å². The highest BCUT2D eigenvalue weighted by Gasteiger charge is 2.35. The van der Waals surface area contributed by atoms with E-state index >= 15 is 0 Å². The fourth-order valence-electron chi connectivity index (χ4n) is 3.82. The number of aliphatic hydroxyl groups is 1. The minimum Gasteiger partial charge on any atom is -0.381 e. The van der Waals surface area contributed by atoms with Crippen LogP contribution < -0.4 is 5.32 Å². The monoisotopic (exact) mass is 425 g/mol. The molecular weight excluding hydrogens is 402 g/mol. The summed E-state index contributed by atoms with van der Waals surface area (Å²) in [6.45, 7) is 4.67. The van der Waals surface area contributed by atoms with Gasteiger partial charge < -0.3 is 10.4 Å². The van der Waals surface area contributed by atoms with Crippen LogP contribution in [0.4, 0.5) is 0 Å². The Morgan fingerprint density at radius 3 is 2.50 bits per heavy atom. The van der Waals surface area contributed by atoms with Crippen LogP contribution in [0.3, 0.4) is 0 Å². The fraction of sp³-hybridized carbons (Fsp3) is 0.364. The number of rotatable bonds is 4. The number of halogens is 1. The van der Waals surface area contributed by atoms with Crippen molar-refractivity contribution in [2.45, 2.75) is 38.2 Å². The molecule has 1 aromatic carbocycles. The SMILES string of the molecule is CC(C)(O)C(=O)n1nc(-c2ccc(Cl)cc2)c(-c2ccncn2)c1C1CCNCC1. The average Bonchev–Trinajstić information content (AvgIpc) is 3.14. The van der Waals surface area contributed by atoms with Crippen molar-refractivity contribution in [3.8, 4) is 22.5 Å². The zero-order valence-electron chi connectivity index (χ0n) is 17.0. The first-order chi connectivity index (χ1) is 14.4. The third-order valence-corrected chi connectivity index (χ3v) is 5.57. The number of benzene rings is 1. The lowest BCUT2D eigenvalue weighted by atomic mass is 9.89. The molecule has 30 heavy (non-hydrogen) atoms. The summed E-state index contributed by atoms with van der Waals surface area (Å²) in [7, 11) is 0. The van der Waals surface area contributed by atoms with Crippen LogP contribution in [0.5, 0.6) is 0 Å². The van der Waals surface area contributed by atoms with E-state index in [0.717, 1.165) is 42.8 Å². The van der Waals surface area contributed by atoms with Gasteiger partial charge in [0.2, 0.25) is 0 Å². The van der Waals surface area contributed by atoms with Gasteiger partial charge in [-0.1, -0.05) is 23.7 Å². The molecule has 0 unspecified atom stereocenters. The standard InChI is InChI=1S/C22H24ClN5O2/c1-22(2,30)21(29)28-20(15-7-10-24-11-8-15)18(17-9-12-25-13-26-17)19(27-28)14-3-5-16(23)6-4-14/h3-6,9,12-13,15,24,30H,7-8,10-11H2,1-2H3. The second-order valence-electron chi connectivity index (χ2n) is 8.01. The van der Waals surface area contributed by atoms with Crippen LogP contribution in [0.1, 0.15) is 43.1 Å². The van der Waals surface area contributed by atoms with Crippen molar-refractivity contribution < 1.29 is 9.90 Å². The Morgan fingerprint density at radius 2 is 1.90 bits per heavy atom. The van der Waals surface area contributed by atoms with Crippen molar-refractivity contribution >= 4 is 17.5 Å². The molecule has 0 spiro atoms. The summed E-state index contributed by atoms with van der Waals surface area (Å²) in [4.78, 5) is 21.7. The minimum absolute atomic E-state index is 0.107. The maximum absolute atomic E-state index is 13.2. The van der Waals surface area contributed by atoms with E-state index in [1.807, 2.05) is 18.2 Å². The third kappa shape index (κ3) is 4.01. The summed E-state index contributed by atoms with van der Waals surface area (Å²) in [6, 6.07) is 9.16. The van der Waals surface area contributed by atoms with Crippen molar-refractivity contribution in [1.82, 2.24) is 25.1 Å². The number of nitrogens with one attached hydrogen (secondary N) is 1. The molecule has 4 rings (SSSR count). The lowest BCUT2D eigenvalue weighted by Gasteiger charge is -2.26. The fourth-order valence-corrected chi connectivity index (χ4v) is 3.94. The zero-order chi connectivity index (χ0) is 21.3. The number of nitrogens with zero attached hydrogens (tertiary/aromatic N) is 4. The normalized spacial score (nSPS) is 15.3. The molecular formula is C22H24ClN5O2. The number of hydrogen-bond donors (Lipinski definition) is 2. The van der Waals surface area contributed by atoms with Crippen molar-refractivity contribution in [2.24, 2.45) is 0 Å². The smallest absolute Gasteiger partial charge is 0.278 e. The van der Waals surface area contributed by atoms with Crippen LogP contribution in [-0.2, 0) is 0 Å². The van der Waals surface area contributed by atoms with Gasteiger partial charge in [0, 0.05) is 22.7 Å². The highest BCUT2D eigenvalue weighted by molar-refractivity contribution is 6.30. The van der Waals surface area contributed by atoms with Crippen molar-refractivity contribution in [2.75, 3.05) is 13.1 Å². The average molecular weight is 426 g/mol. The van der Waals surface area contributed by atoms with E-state index in [9.17, 15) is 9.90 Å². The lowest BCUT2D eigenvalue weighted by Crippen LogP contribution is -2.38. The first-order valence-electron chi connectivity index (χ1n) is 9.99. The van der Waals surface area contributed by atoms with E-state index in [4.69, 9.17) is 16.7 Å². The summed E-state index contributed by atoms with van der Waals surface area (Å²) in [5, 5.41) is 19.2. The predicted molar refractivity (Wildman–Crippen MR) is 115 cm³/mol. The molecule has 0 amide bonds. The first-order valence-corrected chi connectivity index (χ1v) is 10.4. The molecule has 156 valence electrons. The Hall–Kier alpha value is -2.61. The number of carbonyl (C=O) groups excluding carboxylic acids is 1. The number of aromatic nitrogens is 4. The van der Waals surface area contributed by atoms with Gasteiger partial charge >= 0.3 is 0 Å². The van der Waals surface area contributed by atoms with Crippen molar-refractivity contribution in [3.05, 3.63) is 53.6 Å². The zero-order valence-corrected chi connectivity index (χ0v) is 17.7. The van der Waals surface area contributed by atoms with Crippen LogP contribution in [0.25, 0.3) is 22.5 Å². The van der Waals surface area contributed by atoms with Crippen LogP contribution in [0, 0.1) is 0 Å². The van der Waals surface area contributed by atoms with Gasteiger partial charge in [0.1, 0.15) is 17.6 Å². The molecule has 0 bridgehead atoms. The van der Waals surface area contributed by atoms with Gasteiger partial charge in [-0.05, 0) is 58.0 Å². The molecule has 1 aliphatic rings. The van der Waals surface area contributed by atoms with Crippen LogP contribution in [0.2, 0.25) is 5.02 Å². The number of carbonyl (C=O) groups is 1. The number of hydrogen-bond acceptors (Lipinski definition) is 6. The summed E-state index contributed by atoms with van der Waals surface area (Å²) >= 11 is 6.08. The second-order valence-corrected chi connectivity index (χ2v) is 8.45. The van der Waals surface area contributed by atoms with Gasteiger partial charge in [-0.25, -0.2) is 14.6 Å². The Bertz CT molecular complexity index is 1040. The summed E-state index contributed by atoms with van der Waals surface area (Å²) < 4.78 is 1.39. The van der Waals surface area contributed by atoms with E-state index < -0.39 is 11.5 Å². The van der Waals surface area contributed by atoms with Gasteiger partial charge in [-0.3, -0.25) is 4.79 Å². The largest absolute Gasteiger partial charge is 0.381 e. The van der Waals surface area contributed by atoms with Gasteiger partial charge in [0.15, 0.2) is 0 Å². The minimum atomic E-state index is -1.56. The summed E-state index contributed by atoms with van der Waals surface area (Å²) in [5.74, 6) is -0.359. The second kappa shape index (κ2) is 8.26. The van der Waals surface area contributed by atoms with E-state index in [0.29, 0.717) is 16.4 Å². The quantitative estimate of drug-likeness (QED) is 0.664. The lowest BCUT2D eigenvalue weighted by molar-refractivity contribution is 0.0368. The molecule has 3 heterocycles. The van der Waals surface area contributed by atoms with Crippen molar-refractivity contribution in [1.29, 1.82) is 0 Å². The molecule has 8 heteroatoms. The Labute approximate surface area is 180 Å². The Kier molecular flexibility index (Phi) is 5.69. The summed E-state index contributed by atoms with van der Waals surface area (Å²) in [6.07, 6.45) is 4.89. The van der Waals surface area contributed by atoms with E-state index in [2.05, 4.69) is 15.3 Å². The first kappa shape index (κ1) is 20.7. The molecule has 0 radical (unpaired) electrons. The van der Waals surface area contributed by atoms with Crippen molar-refractivity contribution in [3.63, 3.8) is 0 Å². The highest BCUT2D eigenvalue weighted by Crippen LogP contribution is 2.40. The van der Waals surface area contributed by atoms with E-state index in [1.54, 1.807) is 18.3 Å². The predicted octanol–water partition coefficient (Wildman–Crippen LogP) is 3.54. The molecule has 0 saturated carbocycles. The molecule has 1 fully saturated rings. The number of piperidine rings is 1. The molecule has 7 nitrogen and oxygen atoms in total. The maximum atomic E-state index is 13.2. The van der Waals surface area contributed by atoms with E-state index in [1.165, 1.54) is 24.9 Å². The topological polar surface area (TPSA) is 92.9 Å². The van der Waals surface area contributed by atoms with Gasteiger partial charge in [0.05, 0.1) is 17.0 Å². The molecule has 2 aromatic heterocycles. The van der Waals surface area contributed by atoms with E-state index in [-0.39, 0.29) is 5.92 Å².